The van der Waals surface area contributed by atoms with Gasteiger partial charge in [0.15, 0.2) is 5.82 Å². The minimum absolute atomic E-state index is 0.185. The smallest absolute Gasteiger partial charge is 0.265 e. The van der Waals surface area contributed by atoms with Crippen molar-refractivity contribution < 1.29 is 9.18 Å². The van der Waals surface area contributed by atoms with Crippen LogP contribution in [0.2, 0.25) is 0 Å². The molecule has 0 bridgehead atoms. The van der Waals surface area contributed by atoms with Gasteiger partial charge in [-0.2, -0.15) is 0 Å². The first-order chi connectivity index (χ1) is 14.2. The largest absolute Gasteiger partial charge is 0.319 e. The zero-order chi connectivity index (χ0) is 19.8. The number of amides is 1. The molecule has 2 aliphatic rings. The van der Waals surface area contributed by atoms with E-state index in [4.69, 9.17) is 0 Å². The lowest BCUT2D eigenvalue weighted by Gasteiger charge is -2.10. The number of benzene rings is 1. The lowest BCUT2D eigenvalue weighted by Crippen LogP contribution is -2.12. The fourth-order valence-corrected chi connectivity index (χ4v) is 5.39. The van der Waals surface area contributed by atoms with Crippen molar-refractivity contribution in [3.05, 3.63) is 51.2 Å². The molecule has 0 unspecified atom stereocenters. The van der Waals surface area contributed by atoms with E-state index in [0.717, 1.165) is 55.9 Å². The number of nitrogens with one attached hydrogen (secondary N) is 1. The maximum atomic E-state index is 14.5. The number of aromatic nitrogens is 3. The Morgan fingerprint density at radius 3 is 2.79 bits per heavy atom. The Kier molecular flexibility index (Phi) is 4.91. The van der Waals surface area contributed by atoms with Gasteiger partial charge in [-0.1, -0.05) is 6.42 Å². The first-order valence-electron chi connectivity index (χ1n) is 10.3. The van der Waals surface area contributed by atoms with Gasteiger partial charge in [0.05, 0.1) is 10.6 Å². The number of rotatable bonds is 3. The summed E-state index contributed by atoms with van der Waals surface area (Å²) in [6.45, 7) is 0.873. The third-order valence-electron chi connectivity index (χ3n) is 5.80. The van der Waals surface area contributed by atoms with Crippen LogP contribution < -0.4 is 5.32 Å². The molecule has 0 saturated carbocycles. The van der Waals surface area contributed by atoms with Crippen LogP contribution in [0.15, 0.2) is 24.3 Å². The van der Waals surface area contributed by atoms with Crippen molar-refractivity contribution in [1.29, 1.82) is 0 Å². The van der Waals surface area contributed by atoms with Crippen LogP contribution in [0.3, 0.4) is 0 Å². The van der Waals surface area contributed by atoms with Crippen LogP contribution in [0.1, 0.15) is 58.0 Å². The van der Waals surface area contributed by atoms with Crippen molar-refractivity contribution in [2.75, 3.05) is 5.32 Å². The van der Waals surface area contributed by atoms with Crippen LogP contribution in [0.4, 0.5) is 10.1 Å². The molecular weight excluding hydrogens is 387 g/mol. The van der Waals surface area contributed by atoms with E-state index in [9.17, 15) is 9.18 Å². The molecule has 5 rings (SSSR count). The normalized spacial score (nSPS) is 16.0. The van der Waals surface area contributed by atoms with E-state index >= 15 is 0 Å². The standard InChI is InChI=1S/C22H23FN4OS/c23-16-10-9-15(21-26-25-20-8-2-1-5-11-27(20)21)12-17(16)24-22(28)19-13-14-6-3-4-7-18(14)29-19/h9-10,12-13H,1-8,11H2,(H,24,28). The summed E-state index contributed by atoms with van der Waals surface area (Å²) in [5.41, 5.74) is 2.23. The van der Waals surface area contributed by atoms with Crippen molar-refractivity contribution >= 4 is 22.9 Å². The fourth-order valence-electron chi connectivity index (χ4n) is 4.25. The highest BCUT2D eigenvalue weighted by Crippen LogP contribution is 2.31. The van der Waals surface area contributed by atoms with E-state index in [1.165, 1.54) is 47.1 Å². The van der Waals surface area contributed by atoms with Gasteiger partial charge in [-0.3, -0.25) is 4.79 Å². The number of halogens is 1. The molecule has 1 amide bonds. The highest BCUT2D eigenvalue weighted by molar-refractivity contribution is 7.14. The Morgan fingerprint density at radius 2 is 1.90 bits per heavy atom. The molecule has 1 aromatic carbocycles. The molecule has 0 fully saturated rings. The number of hydrogen-bond acceptors (Lipinski definition) is 4. The molecule has 3 aromatic rings. The van der Waals surface area contributed by atoms with Crippen molar-refractivity contribution in [1.82, 2.24) is 14.8 Å². The summed E-state index contributed by atoms with van der Waals surface area (Å²) in [4.78, 5) is 14.7. The SMILES string of the molecule is O=C(Nc1cc(-c2nnc3n2CCCCC3)ccc1F)c1cc2c(s1)CCCC2. The predicted octanol–water partition coefficient (Wildman–Crippen LogP) is 5.00. The van der Waals surface area contributed by atoms with Gasteiger partial charge >= 0.3 is 0 Å². The average molecular weight is 411 g/mol. The van der Waals surface area contributed by atoms with Gasteiger partial charge in [0.25, 0.3) is 5.91 Å². The van der Waals surface area contributed by atoms with Crippen LogP contribution in [-0.4, -0.2) is 20.7 Å². The second-order valence-electron chi connectivity index (χ2n) is 7.82. The second-order valence-corrected chi connectivity index (χ2v) is 8.95. The lowest BCUT2D eigenvalue weighted by atomic mass is 9.99. The minimum Gasteiger partial charge on any atom is -0.319 e. The zero-order valence-electron chi connectivity index (χ0n) is 16.2. The number of aryl methyl sites for hydroxylation is 3. The van der Waals surface area contributed by atoms with E-state index in [-0.39, 0.29) is 11.6 Å². The maximum Gasteiger partial charge on any atom is 0.265 e. The van der Waals surface area contributed by atoms with Crippen LogP contribution in [0.5, 0.6) is 0 Å². The predicted molar refractivity (Wildman–Crippen MR) is 112 cm³/mol. The summed E-state index contributed by atoms with van der Waals surface area (Å²) in [7, 11) is 0. The molecule has 29 heavy (non-hydrogen) atoms. The summed E-state index contributed by atoms with van der Waals surface area (Å²) >= 11 is 1.53. The number of anilines is 1. The van der Waals surface area contributed by atoms with Crippen molar-refractivity contribution in [2.24, 2.45) is 0 Å². The number of hydrogen-bond donors (Lipinski definition) is 1. The molecule has 150 valence electrons. The highest BCUT2D eigenvalue weighted by atomic mass is 32.1. The van der Waals surface area contributed by atoms with Crippen LogP contribution >= 0.6 is 11.3 Å². The summed E-state index contributed by atoms with van der Waals surface area (Å²) in [6.07, 6.45) is 8.72. The van der Waals surface area contributed by atoms with Gasteiger partial charge in [0.1, 0.15) is 11.6 Å². The fraction of sp³-hybridized carbons (Fsp3) is 0.409. The third kappa shape index (κ3) is 3.59. The number of carbonyl (C=O) groups is 1. The van der Waals surface area contributed by atoms with Crippen LogP contribution in [-0.2, 0) is 25.8 Å². The second kappa shape index (κ2) is 7.71. The van der Waals surface area contributed by atoms with Gasteiger partial charge < -0.3 is 9.88 Å². The molecule has 0 saturated heterocycles. The summed E-state index contributed by atoms with van der Waals surface area (Å²) in [5.74, 6) is 1.03. The maximum absolute atomic E-state index is 14.5. The van der Waals surface area contributed by atoms with Crippen LogP contribution in [0, 0.1) is 5.82 Å². The minimum atomic E-state index is -0.445. The molecule has 5 nitrogen and oxygen atoms in total. The van der Waals surface area contributed by atoms with Gasteiger partial charge in [-0.25, -0.2) is 4.39 Å². The average Bonchev–Trinajstić information content (AvgIpc) is 3.27. The highest BCUT2D eigenvalue weighted by Gasteiger charge is 2.20. The number of nitrogens with zero attached hydrogens (tertiary/aromatic N) is 3. The molecule has 3 heterocycles. The van der Waals surface area contributed by atoms with Gasteiger partial charge in [-0.05, 0) is 68.4 Å². The number of carbonyl (C=O) groups excluding carboxylic acids is 1. The molecule has 0 atom stereocenters. The number of thiophene rings is 1. The molecule has 0 radical (unpaired) electrons. The van der Waals surface area contributed by atoms with Gasteiger partial charge in [0.2, 0.25) is 0 Å². The molecule has 1 aliphatic carbocycles. The quantitative estimate of drug-likeness (QED) is 0.661. The first kappa shape index (κ1) is 18.5. The van der Waals surface area contributed by atoms with E-state index in [0.29, 0.717) is 4.88 Å². The molecule has 1 N–H and O–H groups in total. The van der Waals surface area contributed by atoms with Crippen molar-refractivity contribution in [3.63, 3.8) is 0 Å². The van der Waals surface area contributed by atoms with E-state index in [1.54, 1.807) is 12.1 Å². The monoisotopic (exact) mass is 410 g/mol. The summed E-state index contributed by atoms with van der Waals surface area (Å²) in [5, 5.41) is 11.4. The molecule has 1 aliphatic heterocycles. The summed E-state index contributed by atoms with van der Waals surface area (Å²) in [6, 6.07) is 6.73. The van der Waals surface area contributed by atoms with Gasteiger partial charge in [0, 0.05) is 23.4 Å². The zero-order valence-corrected chi connectivity index (χ0v) is 17.0. The molecule has 0 spiro atoms. The summed E-state index contributed by atoms with van der Waals surface area (Å²) < 4.78 is 16.6. The van der Waals surface area contributed by atoms with Crippen LogP contribution in [0.25, 0.3) is 11.4 Å². The Hall–Kier alpha value is -2.54. The Balaban J connectivity index is 1.42. The lowest BCUT2D eigenvalue weighted by molar-refractivity contribution is 0.103. The van der Waals surface area contributed by atoms with E-state index < -0.39 is 5.82 Å². The Bertz CT molecular complexity index is 1050. The molecule has 7 heteroatoms. The number of fused-ring (bicyclic) bond motifs is 2. The van der Waals surface area contributed by atoms with E-state index in [2.05, 4.69) is 20.1 Å². The van der Waals surface area contributed by atoms with E-state index in [1.807, 2.05) is 6.07 Å². The van der Waals surface area contributed by atoms with Crippen molar-refractivity contribution in [2.45, 2.75) is 57.9 Å². The third-order valence-corrected chi connectivity index (χ3v) is 7.04. The first-order valence-corrected chi connectivity index (χ1v) is 11.2. The molecular formula is C22H23FN4OS. The van der Waals surface area contributed by atoms with Gasteiger partial charge in [-0.15, -0.1) is 21.5 Å². The molecule has 2 aromatic heterocycles. The topological polar surface area (TPSA) is 59.8 Å². The Labute approximate surface area is 173 Å². The van der Waals surface area contributed by atoms with Crippen molar-refractivity contribution in [3.8, 4) is 11.4 Å². The Morgan fingerprint density at radius 1 is 1.03 bits per heavy atom.